The smallest absolute Gasteiger partial charge is 0.309 e. The molecule has 1 rings (SSSR count). The second-order valence-corrected chi connectivity index (χ2v) is 26.2. The number of piperidine rings is 1. The molecular weight excluding hydrogens is 1120 g/mol. The van der Waals surface area contributed by atoms with Gasteiger partial charge < -0.3 is 47.7 Å². The van der Waals surface area contributed by atoms with Crippen molar-refractivity contribution in [3.05, 3.63) is 0 Å². The van der Waals surface area contributed by atoms with Crippen LogP contribution in [0.2, 0.25) is 0 Å². The van der Waals surface area contributed by atoms with Crippen LogP contribution in [0.3, 0.4) is 0 Å². The molecule has 14 nitrogen and oxygen atoms in total. The molecule has 526 valence electrons. The van der Waals surface area contributed by atoms with Crippen LogP contribution in [0.5, 0.6) is 0 Å². The molecule has 0 aromatic rings. The molecular formula is C75H144N2O12. The number of hydrogen-bond acceptors (Lipinski definition) is 13. The Morgan fingerprint density at radius 3 is 1.20 bits per heavy atom. The third kappa shape index (κ3) is 54.7. The molecule has 1 fully saturated rings. The maximum absolute atomic E-state index is 14.5. The number of unbranched alkanes of at least 4 members (excludes halogenated alkanes) is 31. The normalized spacial score (nSPS) is 13.4. The minimum absolute atomic E-state index is 0.0130. The van der Waals surface area contributed by atoms with Crippen LogP contribution in [0.1, 0.15) is 336 Å². The summed E-state index contributed by atoms with van der Waals surface area (Å²) in [7, 11) is 2.10. The van der Waals surface area contributed by atoms with Crippen molar-refractivity contribution in [3.8, 4) is 0 Å². The van der Waals surface area contributed by atoms with Crippen LogP contribution in [-0.2, 0) is 57.1 Å². The Morgan fingerprint density at radius 2 is 0.742 bits per heavy atom. The second kappa shape index (κ2) is 65.7. The fourth-order valence-electron chi connectivity index (χ4n) is 11.8. The maximum atomic E-state index is 14.5. The van der Waals surface area contributed by atoms with Gasteiger partial charge in [-0.2, -0.15) is 0 Å². The number of nitrogens with zero attached hydrogens (tertiary/aromatic N) is 2. The van der Waals surface area contributed by atoms with E-state index in [-0.39, 0.29) is 48.5 Å². The standard InChI is InChI=1S/C75H144N2O12/c1-7-12-17-22-27-35-46-69(47-36-28-23-18-13-8-2)88-72(78)50-39-32-42-59-85-67-71(86-60-44-33-40-51-73(79)89-70(48-37-29-24-19-14-9-3)49-38-30-25-20-15-10-4)74(80)77(54-41-31-26-21-16-11-5)57-62-83-64-66-84-65-63-82-58-43-34-45-61-87-75(81)68-52-55-76(6)56-53-68/h68-71H,7-67H2,1-6H3. The van der Waals surface area contributed by atoms with Gasteiger partial charge in [-0.1, -0.05) is 208 Å². The highest BCUT2D eigenvalue weighted by molar-refractivity contribution is 5.81. The van der Waals surface area contributed by atoms with Gasteiger partial charge in [-0.15, -0.1) is 0 Å². The van der Waals surface area contributed by atoms with Crippen LogP contribution >= 0.6 is 0 Å². The molecule has 1 atom stereocenters. The van der Waals surface area contributed by atoms with Gasteiger partial charge in [0.2, 0.25) is 0 Å². The van der Waals surface area contributed by atoms with E-state index >= 15 is 0 Å². The highest BCUT2D eigenvalue weighted by Gasteiger charge is 2.27. The van der Waals surface area contributed by atoms with Crippen LogP contribution in [0.25, 0.3) is 0 Å². The molecule has 0 aromatic heterocycles. The molecule has 0 aromatic carbocycles. The van der Waals surface area contributed by atoms with Crippen LogP contribution in [0.15, 0.2) is 0 Å². The summed E-state index contributed by atoms with van der Waals surface area (Å²) in [6, 6.07) is 0. The van der Waals surface area contributed by atoms with Crippen LogP contribution in [0, 0.1) is 5.92 Å². The Kier molecular flexibility index (Phi) is 62.5. The van der Waals surface area contributed by atoms with Crippen LogP contribution in [-0.4, -0.2) is 151 Å². The minimum atomic E-state index is -0.759. The Hall–Kier alpha value is -2.36. The van der Waals surface area contributed by atoms with E-state index in [1.807, 2.05) is 4.90 Å². The largest absolute Gasteiger partial charge is 0.465 e. The summed E-state index contributed by atoms with van der Waals surface area (Å²) in [5.74, 6) is -0.237. The Labute approximate surface area is 548 Å². The monoisotopic (exact) mass is 1270 g/mol. The van der Waals surface area contributed by atoms with E-state index < -0.39 is 6.10 Å². The number of hydrogen-bond donors (Lipinski definition) is 0. The third-order valence-electron chi connectivity index (χ3n) is 17.7. The van der Waals surface area contributed by atoms with E-state index in [1.54, 1.807) is 0 Å². The maximum Gasteiger partial charge on any atom is 0.309 e. The van der Waals surface area contributed by atoms with Crippen molar-refractivity contribution < 1.29 is 57.1 Å². The van der Waals surface area contributed by atoms with Gasteiger partial charge in [0.15, 0.2) is 6.10 Å². The second-order valence-electron chi connectivity index (χ2n) is 26.2. The number of carbonyl (C=O) groups is 4. The van der Waals surface area contributed by atoms with Gasteiger partial charge in [0.25, 0.3) is 5.91 Å². The molecule has 1 aliphatic rings. The summed E-state index contributed by atoms with van der Waals surface area (Å²) in [4.78, 5) is 57.4. The summed E-state index contributed by atoms with van der Waals surface area (Å²) >= 11 is 0. The van der Waals surface area contributed by atoms with Crippen molar-refractivity contribution in [1.29, 1.82) is 0 Å². The van der Waals surface area contributed by atoms with Crippen molar-refractivity contribution in [2.75, 3.05) is 99.3 Å². The first-order chi connectivity index (χ1) is 43.7. The predicted octanol–water partition coefficient (Wildman–Crippen LogP) is 18.6. The highest BCUT2D eigenvalue weighted by Crippen LogP contribution is 2.22. The van der Waals surface area contributed by atoms with Gasteiger partial charge in [-0.25, -0.2) is 0 Å². The Bertz CT molecular complexity index is 1520. The average molecular weight is 1270 g/mol. The molecule has 0 N–H and O–H groups in total. The van der Waals surface area contributed by atoms with Gasteiger partial charge in [0.05, 0.1) is 52.2 Å². The van der Waals surface area contributed by atoms with Crippen molar-refractivity contribution in [2.24, 2.45) is 5.92 Å². The van der Waals surface area contributed by atoms with Crippen molar-refractivity contribution in [2.45, 2.75) is 355 Å². The summed E-state index contributed by atoms with van der Waals surface area (Å²) in [5, 5.41) is 0. The number of ether oxygens (including phenoxy) is 8. The minimum Gasteiger partial charge on any atom is -0.465 e. The zero-order valence-corrected chi connectivity index (χ0v) is 59.2. The highest BCUT2D eigenvalue weighted by atomic mass is 16.6. The van der Waals surface area contributed by atoms with E-state index in [2.05, 4.69) is 46.6 Å². The lowest BCUT2D eigenvalue weighted by molar-refractivity contribution is -0.151. The van der Waals surface area contributed by atoms with Gasteiger partial charge >= 0.3 is 17.9 Å². The number of amides is 1. The summed E-state index contributed by atoms with van der Waals surface area (Å²) in [5.41, 5.74) is 0. The molecule has 0 spiro atoms. The molecule has 0 saturated carbocycles. The summed E-state index contributed by atoms with van der Waals surface area (Å²) < 4.78 is 48.1. The molecule has 1 unspecified atom stereocenters. The molecule has 0 aliphatic carbocycles. The van der Waals surface area contributed by atoms with E-state index in [1.165, 1.54) is 148 Å². The van der Waals surface area contributed by atoms with Gasteiger partial charge in [0, 0.05) is 45.8 Å². The third-order valence-corrected chi connectivity index (χ3v) is 17.7. The average Bonchev–Trinajstić information content (AvgIpc) is 3.75. The SMILES string of the molecule is CCCCCCCCC(CCCCCCCC)OC(=O)CCCCCOCC(OCCCCCC(=O)OC(CCCCCCCC)CCCCCCCC)C(=O)N(CCCCCCCC)CCOCCOCCOCCCCCOC(=O)C1CCN(C)CC1. The Morgan fingerprint density at radius 1 is 0.382 bits per heavy atom. The first-order valence-electron chi connectivity index (χ1n) is 38.1. The molecule has 1 aliphatic heterocycles. The Balaban J connectivity index is 2.80. The van der Waals surface area contributed by atoms with Crippen molar-refractivity contribution >= 4 is 23.8 Å². The first kappa shape index (κ1) is 84.7. The molecule has 1 amide bonds. The molecule has 0 radical (unpaired) electrons. The fourth-order valence-corrected chi connectivity index (χ4v) is 11.8. The lowest BCUT2D eigenvalue weighted by Gasteiger charge is -2.28. The van der Waals surface area contributed by atoms with Crippen LogP contribution in [0.4, 0.5) is 0 Å². The lowest BCUT2D eigenvalue weighted by Crippen LogP contribution is -2.45. The molecule has 0 bridgehead atoms. The van der Waals surface area contributed by atoms with E-state index in [9.17, 15) is 19.2 Å². The van der Waals surface area contributed by atoms with Crippen molar-refractivity contribution in [1.82, 2.24) is 9.80 Å². The first-order valence-corrected chi connectivity index (χ1v) is 38.1. The van der Waals surface area contributed by atoms with Crippen LogP contribution < -0.4 is 0 Å². The van der Waals surface area contributed by atoms with Crippen molar-refractivity contribution in [3.63, 3.8) is 0 Å². The number of carbonyl (C=O) groups excluding carboxylic acids is 4. The molecule has 89 heavy (non-hydrogen) atoms. The van der Waals surface area contributed by atoms with Gasteiger partial charge in [-0.3, -0.25) is 19.2 Å². The quantitative estimate of drug-likeness (QED) is 0.0323. The summed E-state index contributed by atoms with van der Waals surface area (Å²) in [6.45, 7) is 18.6. The zero-order valence-electron chi connectivity index (χ0n) is 59.2. The molecule has 14 heteroatoms. The predicted molar refractivity (Wildman–Crippen MR) is 367 cm³/mol. The van der Waals surface area contributed by atoms with Gasteiger partial charge in [0.1, 0.15) is 12.2 Å². The van der Waals surface area contributed by atoms with E-state index in [0.717, 1.165) is 154 Å². The number of esters is 3. The fraction of sp³-hybridized carbons (Fsp3) is 0.947. The lowest BCUT2D eigenvalue weighted by atomic mass is 9.97. The molecule has 1 saturated heterocycles. The number of rotatable bonds is 69. The van der Waals surface area contributed by atoms with Gasteiger partial charge in [-0.05, 0) is 136 Å². The molecule has 1 heterocycles. The topological polar surface area (TPSA) is 149 Å². The van der Waals surface area contributed by atoms with E-state index in [0.29, 0.717) is 85.4 Å². The van der Waals surface area contributed by atoms with E-state index in [4.69, 9.17) is 37.9 Å². The summed E-state index contributed by atoms with van der Waals surface area (Å²) in [6.07, 6.45) is 49.5. The zero-order chi connectivity index (χ0) is 64.6. The number of likely N-dealkylation sites (tertiary alicyclic amines) is 1.